The Kier molecular flexibility index (Phi) is 3.92. The number of rotatable bonds is 4. The zero-order chi connectivity index (χ0) is 16.5. The lowest BCUT2D eigenvalue weighted by Crippen LogP contribution is -2.25. The van der Waals surface area contributed by atoms with Crippen LogP contribution < -0.4 is 0 Å². The highest BCUT2D eigenvalue weighted by Crippen LogP contribution is 2.31. The minimum absolute atomic E-state index is 0.129. The number of amides is 1. The van der Waals surface area contributed by atoms with Crippen LogP contribution in [0.5, 0.6) is 0 Å². The summed E-state index contributed by atoms with van der Waals surface area (Å²) in [6.45, 7) is 0.577. The fraction of sp³-hybridized carbons (Fsp3) is 0.111. The average molecular weight is 354 g/mol. The van der Waals surface area contributed by atoms with Crippen LogP contribution in [0.25, 0.3) is 21.0 Å². The zero-order valence-electron chi connectivity index (χ0n) is 12.9. The number of para-hydroxylation sites is 1. The van der Waals surface area contributed by atoms with Crippen molar-refractivity contribution in [3.63, 3.8) is 0 Å². The maximum atomic E-state index is 12.5. The van der Waals surface area contributed by atoms with Crippen LogP contribution in [0.15, 0.2) is 58.3 Å². The summed E-state index contributed by atoms with van der Waals surface area (Å²) in [5.74, 6) is 0.836. The first-order valence-corrected chi connectivity index (χ1v) is 9.14. The van der Waals surface area contributed by atoms with Crippen molar-refractivity contribution < 1.29 is 9.21 Å². The first-order chi connectivity index (χ1) is 11.7. The number of thiophene rings is 1. The Morgan fingerprint density at radius 2 is 2.04 bits per heavy atom. The van der Waals surface area contributed by atoms with Gasteiger partial charge in [0, 0.05) is 11.9 Å². The number of nitrogens with zero attached hydrogens (tertiary/aromatic N) is 2. The van der Waals surface area contributed by atoms with Gasteiger partial charge in [-0.3, -0.25) is 4.79 Å². The van der Waals surface area contributed by atoms with Gasteiger partial charge in [0.15, 0.2) is 16.5 Å². The predicted octanol–water partition coefficient (Wildman–Crippen LogP) is 4.89. The van der Waals surface area contributed by atoms with E-state index < -0.39 is 0 Å². The van der Waals surface area contributed by atoms with Crippen LogP contribution in [0.3, 0.4) is 0 Å². The molecule has 3 aromatic heterocycles. The Morgan fingerprint density at radius 1 is 1.17 bits per heavy atom. The third-order valence-electron chi connectivity index (χ3n) is 3.64. The highest BCUT2D eigenvalue weighted by molar-refractivity contribution is 7.21. The number of carbonyl (C=O) groups excluding carboxylic acids is 1. The summed E-state index contributed by atoms with van der Waals surface area (Å²) in [6.07, 6.45) is 0. The Hall–Kier alpha value is -2.44. The summed E-state index contributed by atoms with van der Waals surface area (Å²) in [5.41, 5.74) is 0.941. The molecule has 0 bridgehead atoms. The van der Waals surface area contributed by atoms with Crippen molar-refractivity contribution in [1.29, 1.82) is 0 Å². The normalized spacial score (nSPS) is 11.0. The van der Waals surface area contributed by atoms with Gasteiger partial charge in [-0.1, -0.05) is 18.2 Å². The lowest BCUT2D eigenvalue weighted by Gasteiger charge is -2.14. The molecule has 0 fully saturated rings. The highest BCUT2D eigenvalue weighted by atomic mass is 32.1. The Balaban J connectivity index is 1.56. The van der Waals surface area contributed by atoms with E-state index in [9.17, 15) is 4.79 Å². The van der Waals surface area contributed by atoms with E-state index in [1.165, 1.54) is 0 Å². The van der Waals surface area contributed by atoms with Crippen molar-refractivity contribution in [2.45, 2.75) is 6.54 Å². The maximum absolute atomic E-state index is 12.5. The molecule has 0 atom stereocenters. The van der Waals surface area contributed by atoms with Gasteiger partial charge in [-0.2, -0.15) is 0 Å². The van der Waals surface area contributed by atoms with E-state index in [2.05, 4.69) is 4.98 Å². The second-order valence-electron chi connectivity index (χ2n) is 5.39. The minimum Gasteiger partial charge on any atom is -0.448 e. The van der Waals surface area contributed by atoms with Gasteiger partial charge in [0.25, 0.3) is 5.91 Å². The number of furan rings is 1. The second kappa shape index (κ2) is 6.22. The average Bonchev–Trinajstić information content (AvgIpc) is 3.33. The van der Waals surface area contributed by atoms with Crippen LogP contribution in [0, 0.1) is 0 Å². The molecule has 3 heterocycles. The lowest BCUT2D eigenvalue weighted by molar-refractivity contribution is 0.0756. The largest absolute Gasteiger partial charge is 0.448 e. The Labute approximate surface area is 147 Å². The van der Waals surface area contributed by atoms with Gasteiger partial charge in [-0.15, -0.1) is 22.7 Å². The summed E-state index contributed by atoms with van der Waals surface area (Å²) >= 11 is 3.19. The molecule has 6 heteroatoms. The lowest BCUT2D eigenvalue weighted by atomic mass is 10.3. The summed E-state index contributed by atoms with van der Waals surface area (Å²) in [4.78, 5) is 19.9. The van der Waals surface area contributed by atoms with Crippen LogP contribution in [0.2, 0.25) is 0 Å². The van der Waals surface area contributed by atoms with Gasteiger partial charge in [0.2, 0.25) is 0 Å². The van der Waals surface area contributed by atoms with Gasteiger partial charge >= 0.3 is 0 Å². The number of benzene rings is 1. The van der Waals surface area contributed by atoms with E-state index in [4.69, 9.17) is 4.42 Å². The van der Waals surface area contributed by atoms with Gasteiger partial charge in [0.05, 0.1) is 16.8 Å². The standard InChI is InChI=1S/C18H14N2O2S2/c1-20(11-12-5-4-10-23-12)18(21)15-9-8-14(22-15)17-19-13-6-2-3-7-16(13)24-17/h2-10H,11H2,1H3. The maximum Gasteiger partial charge on any atom is 0.289 e. The van der Waals surface area contributed by atoms with E-state index in [0.717, 1.165) is 20.1 Å². The SMILES string of the molecule is CN(Cc1cccs1)C(=O)c1ccc(-c2nc3ccccc3s2)o1. The molecule has 0 aliphatic rings. The molecule has 120 valence electrons. The molecular weight excluding hydrogens is 340 g/mol. The van der Waals surface area contributed by atoms with Gasteiger partial charge in [-0.25, -0.2) is 4.98 Å². The predicted molar refractivity (Wildman–Crippen MR) is 97.4 cm³/mol. The van der Waals surface area contributed by atoms with E-state index >= 15 is 0 Å². The zero-order valence-corrected chi connectivity index (χ0v) is 14.6. The molecule has 1 amide bonds. The molecule has 0 N–H and O–H groups in total. The number of fused-ring (bicyclic) bond motifs is 1. The molecule has 0 spiro atoms. The Bertz CT molecular complexity index is 952. The number of hydrogen-bond donors (Lipinski definition) is 0. The van der Waals surface area contributed by atoms with Crippen molar-refractivity contribution in [2.24, 2.45) is 0 Å². The van der Waals surface area contributed by atoms with Crippen molar-refractivity contribution in [3.05, 3.63) is 64.5 Å². The van der Waals surface area contributed by atoms with E-state index in [1.807, 2.05) is 47.8 Å². The second-order valence-corrected chi connectivity index (χ2v) is 7.45. The van der Waals surface area contributed by atoms with Crippen molar-refractivity contribution >= 4 is 38.8 Å². The van der Waals surface area contributed by atoms with Crippen molar-refractivity contribution in [1.82, 2.24) is 9.88 Å². The number of thiazole rings is 1. The molecule has 24 heavy (non-hydrogen) atoms. The van der Waals surface area contributed by atoms with Crippen LogP contribution in [-0.4, -0.2) is 22.8 Å². The molecule has 0 saturated heterocycles. The van der Waals surface area contributed by atoms with Crippen LogP contribution in [-0.2, 0) is 6.54 Å². The summed E-state index contributed by atoms with van der Waals surface area (Å²) < 4.78 is 6.86. The van der Waals surface area contributed by atoms with Crippen LogP contribution >= 0.6 is 22.7 Å². The third-order valence-corrected chi connectivity index (χ3v) is 5.55. The monoisotopic (exact) mass is 354 g/mol. The Morgan fingerprint density at radius 3 is 2.83 bits per heavy atom. The number of aromatic nitrogens is 1. The number of carbonyl (C=O) groups is 1. The van der Waals surface area contributed by atoms with Gasteiger partial charge in [-0.05, 0) is 35.7 Å². The summed E-state index contributed by atoms with van der Waals surface area (Å²) in [5, 5.41) is 2.79. The first-order valence-electron chi connectivity index (χ1n) is 7.44. The summed E-state index contributed by atoms with van der Waals surface area (Å²) in [6, 6.07) is 15.5. The molecule has 0 saturated carbocycles. The quantitative estimate of drug-likeness (QED) is 0.524. The third kappa shape index (κ3) is 2.86. The molecule has 4 aromatic rings. The molecule has 4 nitrogen and oxygen atoms in total. The van der Waals surface area contributed by atoms with E-state index in [0.29, 0.717) is 18.1 Å². The molecule has 0 radical (unpaired) electrons. The van der Waals surface area contributed by atoms with Crippen LogP contribution in [0.1, 0.15) is 15.4 Å². The minimum atomic E-state index is -0.129. The molecule has 4 rings (SSSR count). The molecule has 1 aromatic carbocycles. The molecule has 0 aliphatic carbocycles. The van der Waals surface area contributed by atoms with Gasteiger partial charge < -0.3 is 9.32 Å². The molecular formula is C18H14N2O2S2. The topological polar surface area (TPSA) is 46.3 Å². The van der Waals surface area contributed by atoms with Crippen molar-refractivity contribution in [3.8, 4) is 10.8 Å². The van der Waals surface area contributed by atoms with Crippen molar-refractivity contribution in [2.75, 3.05) is 7.05 Å². The van der Waals surface area contributed by atoms with Gasteiger partial charge in [0.1, 0.15) is 0 Å². The fourth-order valence-corrected chi connectivity index (χ4v) is 4.13. The van der Waals surface area contributed by atoms with Crippen LogP contribution in [0.4, 0.5) is 0 Å². The highest BCUT2D eigenvalue weighted by Gasteiger charge is 2.18. The molecule has 0 unspecified atom stereocenters. The number of hydrogen-bond acceptors (Lipinski definition) is 5. The first kappa shape index (κ1) is 15.1. The molecule has 0 aliphatic heterocycles. The van der Waals surface area contributed by atoms with E-state index in [1.54, 1.807) is 40.7 Å². The smallest absolute Gasteiger partial charge is 0.289 e. The van der Waals surface area contributed by atoms with E-state index in [-0.39, 0.29) is 5.91 Å². The summed E-state index contributed by atoms with van der Waals surface area (Å²) in [7, 11) is 1.78. The fourth-order valence-electron chi connectivity index (χ4n) is 2.44.